The third-order valence-electron chi connectivity index (χ3n) is 6.18. The number of phenols is 1. The summed E-state index contributed by atoms with van der Waals surface area (Å²) in [6, 6.07) is 14.2. The SMILES string of the molecule is COc1ccc(CC(=O)N2CCN(c3cc(NCCNC(C)=O)nc(-c4ccc(Cl)cc4)n3)CC2)cc1O. The fourth-order valence-corrected chi connectivity index (χ4v) is 4.29. The van der Waals surface area contributed by atoms with Crippen LogP contribution in [0.3, 0.4) is 0 Å². The van der Waals surface area contributed by atoms with Crippen molar-refractivity contribution in [2.75, 3.05) is 56.6 Å². The summed E-state index contributed by atoms with van der Waals surface area (Å²) in [4.78, 5) is 37.5. The fourth-order valence-electron chi connectivity index (χ4n) is 4.16. The predicted molar refractivity (Wildman–Crippen MR) is 147 cm³/mol. The Morgan fingerprint density at radius 2 is 1.76 bits per heavy atom. The van der Waals surface area contributed by atoms with Crippen molar-refractivity contribution < 1.29 is 19.4 Å². The molecule has 2 amide bonds. The van der Waals surface area contributed by atoms with Gasteiger partial charge in [0.1, 0.15) is 11.6 Å². The maximum absolute atomic E-state index is 12.9. The summed E-state index contributed by atoms with van der Waals surface area (Å²) >= 11 is 6.06. The zero-order chi connectivity index (χ0) is 27.1. The van der Waals surface area contributed by atoms with Gasteiger partial charge in [-0.15, -0.1) is 0 Å². The van der Waals surface area contributed by atoms with Gasteiger partial charge in [-0.3, -0.25) is 9.59 Å². The lowest BCUT2D eigenvalue weighted by atomic mass is 10.1. The minimum absolute atomic E-state index is 0.000848. The number of rotatable bonds is 9. The van der Waals surface area contributed by atoms with E-state index in [1.54, 1.807) is 30.3 Å². The van der Waals surface area contributed by atoms with Crippen molar-refractivity contribution >= 4 is 35.1 Å². The summed E-state index contributed by atoms with van der Waals surface area (Å²) in [6.07, 6.45) is 0.203. The van der Waals surface area contributed by atoms with Gasteiger partial charge in [-0.1, -0.05) is 17.7 Å². The highest BCUT2D eigenvalue weighted by atomic mass is 35.5. The average molecular weight is 539 g/mol. The van der Waals surface area contributed by atoms with Crippen molar-refractivity contribution in [3.8, 4) is 22.9 Å². The first-order valence-electron chi connectivity index (χ1n) is 12.3. The first kappa shape index (κ1) is 27.0. The second-order valence-corrected chi connectivity index (χ2v) is 9.34. The number of piperazine rings is 1. The lowest BCUT2D eigenvalue weighted by molar-refractivity contribution is -0.130. The van der Waals surface area contributed by atoms with Crippen LogP contribution in [0.1, 0.15) is 12.5 Å². The molecule has 200 valence electrons. The molecule has 11 heteroatoms. The van der Waals surface area contributed by atoms with E-state index >= 15 is 0 Å². The summed E-state index contributed by atoms with van der Waals surface area (Å²) in [5.74, 6) is 2.25. The number of hydrogen-bond donors (Lipinski definition) is 3. The van der Waals surface area contributed by atoms with Crippen LogP contribution in [-0.4, -0.2) is 78.2 Å². The summed E-state index contributed by atoms with van der Waals surface area (Å²) in [6.45, 7) is 4.78. The van der Waals surface area contributed by atoms with Gasteiger partial charge >= 0.3 is 0 Å². The number of aromatic nitrogens is 2. The van der Waals surface area contributed by atoms with E-state index in [9.17, 15) is 14.7 Å². The van der Waals surface area contributed by atoms with Crippen LogP contribution in [0.4, 0.5) is 11.6 Å². The zero-order valence-electron chi connectivity index (χ0n) is 21.4. The molecule has 10 nitrogen and oxygen atoms in total. The van der Waals surface area contributed by atoms with E-state index in [4.69, 9.17) is 21.3 Å². The lowest BCUT2D eigenvalue weighted by Gasteiger charge is -2.35. The van der Waals surface area contributed by atoms with Crippen molar-refractivity contribution in [1.29, 1.82) is 0 Å². The number of methoxy groups -OCH3 is 1. The number of amides is 2. The molecule has 1 aliphatic heterocycles. The molecule has 1 aliphatic rings. The molecule has 4 rings (SSSR count). The van der Waals surface area contributed by atoms with E-state index < -0.39 is 0 Å². The number of aromatic hydroxyl groups is 1. The molecule has 0 bridgehead atoms. The molecule has 0 atom stereocenters. The molecule has 3 N–H and O–H groups in total. The Balaban J connectivity index is 1.44. The lowest BCUT2D eigenvalue weighted by Crippen LogP contribution is -2.49. The molecule has 2 aromatic carbocycles. The maximum Gasteiger partial charge on any atom is 0.227 e. The normalized spacial score (nSPS) is 13.2. The van der Waals surface area contributed by atoms with Crippen LogP contribution in [-0.2, 0) is 16.0 Å². The molecular formula is C27H31ClN6O4. The van der Waals surface area contributed by atoms with E-state index in [-0.39, 0.29) is 24.0 Å². The minimum atomic E-state index is -0.0896. The van der Waals surface area contributed by atoms with Crippen molar-refractivity contribution in [1.82, 2.24) is 20.2 Å². The molecule has 0 saturated carbocycles. The summed E-state index contributed by atoms with van der Waals surface area (Å²) in [5.41, 5.74) is 1.56. The number of carbonyl (C=O) groups excluding carboxylic acids is 2. The average Bonchev–Trinajstić information content (AvgIpc) is 2.91. The number of benzene rings is 2. The number of phenolic OH excluding ortho intramolecular Hbond substituents is 1. The smallest absolute Gasteiger partial charge is 0.227 e. The van der Waals surface area contributed by atoms with Crippen molar-refractivity contribution in [3.63, 3.8) is 0 Å². The highest BCUT2D eigenvalue weighted by Gasteiger charge is 2.23. The van der Waals surface area contributed by atoms with E-state index in [1.807, 2.05) is 23.1 Å². The van der Waals surface area contributed by atoms with Crippen molar-refractivity contribution in [2.45, 2.75) is 13.3 Å². The Hall–Kier alpha value is -4.05. The second-order valence-electron chi connectivity index (χ2n) is 8.90. The van der Waals surface area contributed by atoms with Gasteiger partial charge < -0.3 is 30.3 Å². The monoisotopic (exact) mass is 538 g/mol. The minimum Gasteiger partial charge on any atom is -0.504 e. The van der Waals surface area contributed by atoms with E-state index in [0.29, 0.717) is 61.7 Å². The highest BCUT2D eigenvalue weighted by Crippen LogP contribution is 2.27. The van der Waals surface area contributed by atoms with Crippen molar-refractivity contribution in [3.05, 3.63) is 59.1 Å². The van der Waals surface area contributed by atoms with Crippen molar-refractivity contribution in [2.24, 2.45) is 0 Å². The molecule has 2 heterocycles. The molecule has 0 radical (unpaired) electrons. The Labute approximate surface area is 226 Å². The largest absolute Gasteiger partial charge is 0.504 e. The highest BCUT2D eigenvalue weighted by molar-refractivity contribution is 6.30. The van der Waals surface area contributed by atoms with Crippen LogP contribution >= 0.6 is 11.6 Å². The second kappa shape index (κ2) is 12.5. The first-order chi connectivity index (χ1) is 18.3. The van der Waals surface area contributed by atoms with Gasteiger partial charge in [0.05, 0.1) is 13.5 Å². The first-order valence-corrected chi connectivity index (χ1v) is 12.7. The molecule has 3 aromatic rings. The zero-order valence-corrected chi connectivity index (χ0v) is 22.2. The summed E-state index contributed by atoms with van der Waals surface area (Å²) in [5, 5.41) is 16.7. The third kappa shape index (κ3) is 7.04. The molecule has 1 fully saturated rings. The molecule has 0 unspecified atom stereocenters. The molecular weight excluding hydrogens is 508 g/mol. The topological polar surface area (TPSA) is 120 Å². The molecule has 1 saturated heterocycles. The Kier molecular flexibility index (Phi) is 8.85. The van der Waals surface area contributed by atoms with Gasteiger partial charge in [-0.2, -0.15) is 0 Å². The molecule has 0 aliphatic carbocycles. The van der Waals surface area contributed by atoms with Crippen LogP contribution in [0.25, 0.3) is 11.4 Å². The van der Waals surface area contributed by atoms with Gasteiger partial charge in [0, 0.05) is 62.8 Å². The van der Waals surface area contributed by atoms with Crippen LogP contribution < -0.4 is 20.3 Å². The Morgan fingerprint density at radius 3 is 2.42 bits per heavy atom. The van der Waals surface area contributed by atoms with Gasteiger partial charge in [-0.25, -0.2) is 9.97 Å². The van der Waals surface area contributed by atoms with E-state index in [2.05, 4.69) is 20.5 Å². The van der Waals surface area contributed by atoms with Gasteiger partial charge in [-0.05, 0) is 42.0 Å². The van der Waals surface area contributed by atoms with E-state index in [1.165, 1.54) is 14.0 Å². The van der Waals surface area contributed by atoms with Crippen LogP contribution in [0.15, 0.2) is 48.5 Å². The van der Waals surface area contributed by atoms with Crippen LogP contribution in [0.2, 0.25) is 5.02 Å². The quantitative estimate of drug-likeness (QED) is 0.356. The number of ether oxygens (including phenoxy) is 1. The summed E-state index contributed by atoms with van der Waals surface area (Å²) in [7, 11) is 1.49. The van der Waals surface area contributed by atoms with Crippen LogP contribution in [0, 0.1) is 0 Å². The predicted octanol–water partition coefficient (Wildman–Crippen LogP) is 2.95. The number of hydrogen-bond acceptors (Lipinski definition) is 8. The van der Waals surface area contributed by atoms with Crippen LogP contribution in [0.5, 0.6) is 11.5 Å². The number of nitrogens with zero attached hydrogens (tertiary/aromatic N) is 4. The fraction of sp³-hybridized carbons (Fsp3) is 0.333. The number of halogens is 1. The summed E-state index contributed by atoms with van der Waals surface area (Å²) < 4.78 is 5.07. The van der Waals surface area contributed by atoms with Gasteiger partial charge in [0.2, 0.25) is 11.8 Å². The van der Waals surface area contributed by atoms with Gasteiger partial charge in [0.25, 0.3) is 0 Å². The van der Waals surface area contributed by atoms with E-state index in [0.717, 1.165) is 16.9 Å². The molecule has 1 aromatic heterocycles. The molecule has 38 heavy (non-hydrogen) atoms. The standard InChI is InChI=1S/C27H31ClN6O4/c1-18(35)29-9-10-30-24-17-25(32-27(31-24)20-4-6-21(28)7-5-20)33-11-13-34(14-12-33)26(37)16-19-3-8-23(38-2)22(36)15-19/h3-8,15,17,36H,9-14,16H2,1-2H3,(H,29,35)(H,30,31,32). The Bertz CT molecular complexity index is 1280. The molecule has 0 spiro atoms. The number of nitrogens with one attached hydrogen (secondary N) is 2. The van der Waals surface area contributed by atoms with Gasteiger partial charge in [0.15, 0.2) is 17.3 Å². The number of anilines is 2. The maximum atomic E-state index is 12.9. The Morgan fingerprint density at radius 1 is 1.03 bits per heavy atom. The third-order valence-corrected chi connectivity index (χ3v) is 6.43. The number of carbonyl (C=O) groups is 2.